The van der Waals surface area contributed by atoms with Gasteiger partial charge in [-0.2, -0.15) is 0 Å². The van der Waals surface area contributed by atoms with Gasteiger partial charge >= 0.3 is 0 Å². The molecule has 1 aromatic heterocycles. The van der Waals surface area contributed by atoms with Crippen molar-refractivity contribution in [2.45, 2.75) is 19.6 Å². The van der Waals surface area contributed by atoms with Gasteiger partial charge in [-0.3, -0.25) is 9.69 Å². The monoisotopic (exact) mass is 519 g/mol. The number of rotatable bonds is 8. The van der Waals surface area contributed by atoms with Crippen LogP contribution in [0.4, 0.5) is 18.9 Å². The summed E-state index contributed by atoms with van der Waals surface area (Å²) in [7, 11) is 0. The van der Waals surface area contributed by atoms with E-state index in [9.17, 15) is 18.0 Å². The predicted molar refractivity (Wildman–Crippen MR) is 139 cm³/mol. The van der Waals surface area contributed by atoms with Gasteiger partial charge in [-0.25, -0.2) is 13.2 Å². The summed E-state index contributed by atoms with van der Waals surface area (Å²) in [4.78, 5) is 18.8. The van der Waals surface area contributed by atoms with E-state index in [4.69, 9.17) is 4.42 Å². The molecule has 0 aliphatic carbocycles. The van der Waals surface area contributed by atoms with Crippen LogP contribution >= 0.6 is 0 Å². The van der Waals surface area contributed by atoms with Gasteiger partial charge in [-0.1, -0.05) is 36.4 Å². The first-order valence-corrected chi connectivity index (χ1v) is 12.5. The molecule has 5 rings (SSSR count). The van der Waals surface area contributed by atoms with Crippen LogP contribution < -0.4 is 4.90 Å². The fraction of sp³-hybridized carbons (Fsp3) is 0.233. The number of carbonyl (C=O) groups is 1. The molecule has 0 unspecified atom stereocenters. The largest absolute Gasteiger partial charge is 0.455 e. The molecule has 0 bridgehead atoms. The van der Waals surface area contributed by atoms with Crippen molar-refractivity contribution in [3.63, 3.8) is 0 Å². The lowest BCUT2D eigenvalue weighted by atomic mass is 10.1. The zero-order valence-corrected chi connectivity index (χ0v) is 20.8. The van der Waals surface area contributed by atoms with Crippen molar-refractivity contribution >= 4 is 11.6 Å². The molecule has 0 spiro atoms. The summed E-state index contributed by atoms with van der Waals surface area (Å²) in [5, 5.41) is 0. The van der Waals surface area contributed by atoms with Crippen molar-refractivity contribution in [1.82, 2.24) is 9.80 Å². The Morgan fingerprint density at radius 1 is 0.737 bits per heavy atom. The molecule has 0 saturated carbocycles. The average molecular weight is 520 g/mol. The number of hydrogen-bond donors (Lipinski definition) is 0. The lowest BCUT2D eigenvalue weighted by Crippen LogP contribution is -2.49. The highest BCUT2D eigenvalue weighted by Gasteiger charge is 2.25. The minimum absolute atomic E-state index is 0.209. The molecule has 0 atom stereocenters. The van der Waals surface area contributed by atoms with Gasteiger partial charge < -0.3 is 14.2 Å². The second-order valence-electron chi connectivity index (χ2n) is 9.40. The first-order valence-electron chi connectivity index (χ1n) is 12.5. The topological polar surface area (TPSA) is 39.9 Å². The highest BCUT2D eigenvalue weighted by Crippen LogP contribution is 2.22. The first-order chi connectivity index (χ1) is 18.4. The highest BCUT2D eigenvalue weighted by atomic mass is 19.1. The Bertz CT molecular complexity index is 1380. The molecular weight excluding hydrogens is 491 g/mol. The van der Waals surface area contributed by atoms with Crippen molar-refractivity contribution in [3.05, 3.63) is 125 Å². The number of halogens is 3. The van der Waals surface area contributed by atoms with Gasteiger partial charge in [-0.15, -0.1) is 0 Å². The Morgan fingerprint density at radius 2 is 1.47 bits per heavy atom. The summed E-state index contributed by atoms with van der Waals surface area (Å²) in [6.45, 7) is 3.27. The highest BCUT2D eigenvalue weighted by molar-refractivity contribution is 5.91. The number of nitrogens with zero attached hydrogens (tertiary/aromatic N) is 3. The quantitative estimate of drug-likeness (QED) is 0.292. The van der Waals surface area contributed by atoms with Crippen molar-refractivity contribution in [2.24, 2.45) is 0 Å². The summed E-state index contributed by atoms with van der Waals surface area (Å²) in [6, 6.07) is 22.7. The van der Waals surface area contributed by atoms with Crippen molar-refractivity contribution in [2.75, 3.05) is 31.1 Å². The van der Waals surface area contributed by atoms with Crippen molar-refractivity contribution in [1.29, 1.82) is 0 Å². The molecule has 1 saturated heterocycles. The summed E-state index contributed by atoms with van der Waals surface area (Å²) in [6.07, 6.45) is 0. The third-order valence-corrected chi connectivity index (χ3v) is 6.63. The zero-order chi connectivity index (χ0) is 26.5. The van der Waals surface area contributed by atoms with Crippen LogP contribution in [0.3, 0.4) is 0 Å². The summed E-state index contributed by atoms with van der Waals surface area (Å²) >= 11 is 0. The number of anilines is 1. The van der Waals surface area contributed by atoms with Gasteiger partial charge in [0, 0.05) is 39.3 Å². The van der Waals surface area contributed by atoms with Gasteiger partial charge in [-0.05, 0) is 59.7 Å². The second kappa shape index (κ2) is 11.6. The summed E-state index contributed by atoms with van der Waals surface area (Å²) in [5.41, 5.74) is 2.24. The van der Waals surface area contributed by atoms with Crippen LogP contribution in [-0.2, 0) is 19.6 Å². The molecule has 8 heteroatoms. The van der Waals surface area contributed by atoms with Crippen LogP contribution in [0.25, 0.3) is 0 Å². The normalized spacial score (nSPS) is 13.8. The maximum atomic E-state index is 14.1. The number of para-hydroxylation sites is 1. The molecule has 4 aromatic rings. The van der Waals surface area contributed by atoms with E-state index in [0.29, 0.717) is 57.3 Å². The Morgan fingerprint density at radius 3 is 2.21 bits per heavy atom. The van der Waals surface area contributed by atoms with Gasteiger partial charge in [0.2, 0.25) is 0 Å². The fourth-order valence-electron chi connectivity index (χ4n) is 4.72. The lowest BCUT2D eigenvalue weighted by Gasteiger charge is -2.35. The van der Waals surface area contributed by atoms with Crippen molar-refractivity contribution < 1.29 is 22.4 Å². The maximum Gasteiger partial charge on any atom is 0.289 e. The smallest absolute Gasteiger partial charge is 0.289 e. The van der Waals surface area contributed by atoms with E-state index in [1.54, 1.807) is 53.4 Å². The van der Waals surface area contributed by atoms with Crippen LogP contribution in [0, 0.1) is 17.5 Å². The van der Waals surface area contributed by atoms with Gasteiger partial charge in [0.1, 0.15) is 23.2 Å². The van der Waals surface area contributed by atoms with Crippen LogP contribution in [0.5, 0.6) is 0 Å². The van der Waals surface area contributed by atoms with Gasteiger partial charge in [0.05, 0.1) is 12.2 Å². The molecule has 1 amide bonds. The molecule has 2 heterocycles. The third kappa shape index (κ3) is 6.26. The van der Waals surface area contributed by atoms with Crippen LogP contribution in [0.1, 0.15) is 27.4 Å². The van der Waals surface area contributed by atoms with E-state index in [-0.39, 0.29) is 29.1 Å². The Labute approximate surface area is 219 Å². The molecule has 38 heavy (non-hydrogen) atoms. The van der Waals surface area contributed by atoms with E-state index >= 15 is 0 Å². The lowest BCUT2D eigenvalue weighted by molar-refractivity contribution is 0.0710. The Hall–Kier alpha value is -4.04. The maximum absolute atomic E-state index is 14.1. The zero-order valence-electron chi connectivity index (χ0n) is 20.8. The second-order valence-corrected chi connectivity index (χ2v) is 9.40. The van der Waals surface area contributed by atoms with E-state index in [1.165, 1.54) is 30.3 Å². The number of amides is 1. The van der Waals surface area contributed by atoms with E-state index in [0.717, 1.165) is 11.1 Å². The number of benzene rings is 3. The molecule has 0 N–H and O–H groups in total. The Kier molecular flexibility index (Phi) is 7.79. The Balaban J connectivity index is 1.24. The summed E-state index contributed by atoms with van der Waals surface area (Å²) < 4.78 is 47.3. The predicted octanol–water partition coefficient (Wildman–Crippen LogP) is 5.86. The number of hydrogen-bond acceptors (Lipinski definition) is 4. The van der Waals surface area contributed by atoms with Crippen LogP contribution in [0.2, 0.25) is 0 Å². The molecule has 1 fully saturated rings. The van der Waals surface area contributed by atoms with E-state index < -0.39 is 0 Å². The molecule has 1 aliphatic rings. The third-order valence-electron chi connectivity index (χ3n) is 6.63. The standard InChI is InChI=1S/C30H28F3N3O2/c31-24-10-8-22(9-11-24)19-34(20-23-4-3-5-25(32)18-23)21-26-12-13-29(38-26)30(37)36-16-14-35(15-17-36)28-7-2-1-6-27(28)33/h1-13,18H,14-17,19-21H2. The number of furan rings is 1. The molecule has 196 valence electrons. The molecule has 1 aliphatic heterocycles. The SMILES string of the molecule is O=C(c1ccc(CN(Cc2ccc(F)cc2)Cc2cccc(F)c2)o1)N1CCN(c2ccccc2F)CC1. The van der Waals surface area contributed by atoms with E-state index in [1.807, 2.05) is 15.9 Å². The average Bonchev–Trinajstić information content (AvgIpc) is 3.38. The number of carbonyl (C=O) groups excluding carboxylic acids is 1. The molecule has 0 radical (unpaired) electrons. The van der Waals surface area contributed by atoms with Crippen LogP contribution in [-0.4, -0.2) is 41.9 Å². The van der Waals surface area contributed by atoms with Gasteiger partial charge in [0.15, 0.2) is 5.76 Å². The minimum atomic E-state index is -0.315. The fourth-order valence-corrected chi connectivity index (χ4v) is 4.72. The molecule has 3 aromatic carbocycles. The van der Waals surface area contributed by atoms with Crippen LogP contribution in [0.15, 0.2) is 89.3 Å². The summed E-state index contributed by atoms with van der Waals surface area (Å²) in [5.74, 6) is -0.269. The molecule has 5 nitrogen and oxygen atoms in total. The minimum Gasteiger partial charge on any atom is -0.455 e. The molecular formula is C30H28F3N3O2. The van der Waals surface area contributed by atoms with Gasteiger partial charge in [0.25, 0.3) is 5.91 Å². The first kappa shape index (κ1) is 25.6. The van der Waals surface area contributed by atoms with E-state index in [2.05, 4.69) is 0 Å². The van der Waals surface area contributed by atoms with Crippen molar-refractivity contribution in [3.8, 4) is 0 Å². The number of piperazine rings is 1.